The van der Waals surface area contributed by atoms with Gasteiger partial charge in [0.15, 0.2) is 5.76 Å². The van der Waals surface area contributed by atoms with E-state index in [1.54, 1.807) is 42.5 Å². The zero-order valence-corrected chi connectivity index (χ0v) is 12.3. The van der Waals surface area contributed by atoms with Crippen molar-refractivity contribution < 1.29 is 9.26 Å². The van der Waals surface area contributed by atoms with Crippen molar-refractivity contribution in [2.24, 2.45) is 0 Å². The van der Waals surface area contributed by atoms with Gasteiger partial charge >= 0.3 is 0 Å². The van der Waals surface area contributed by atoms with Crippen molar-refractivity contribution in [2.75, 3.05) is 7.11 Å². The molecule has 0 N–H and O–H groups in total. The average Bonchev–Trinajstić information content (AvgIpc) is 3.11. The number of aromatic nitrogens is 1. The number of nitriles is 2. The van der Waals surface area contributed by atoms with Crippen LogP contribution >= 0.6 is 0 Å². The Balaban J connectivity index is 2.03. The molecule has 0 aliphatic rings. The van der Waals surface area contributed by atoms with Crippen LogP contribution in [-0.2, 0) is 0 Å². The average molecular weight is 301 g/mol. The SMILES string of the molecule is COc1cc(C#N)ccc1-c1cc(-c2cccc(C#N)c2)on1. The highest BCUT2D eigenvalue weighted by molar-refractivity contribution is 5.72. The van der Waals surface area contributed by atoms with Gasteiger partial charge in [-0.3, -0.25) is 0 Å². The first-order valence-corrected chi connectivity index (χ1v) is 6.81. The van der Waals surface area contributed by atoms with E-state index in [1.807, 2.05) is 6.07 Å². The minimum Gasteiger partial charge on any atom is -0.496 e. The molecule has 1 aromatic heterocycles. The maximum absolute atomic E-state index is 8.97. The van der Waals surface area contributed by atoms with E-state index in [0.29, 0.717) is 28.3 Å². The standard InChI is InChI=1S/C18H11N3O2/c1-22-18-8-13(11-20)5-6-15(18)16-9-17(23-21-16)14-4-2-3-12(7-14)10-19/h2-9H,1H3. The molecule has 0 aliphatic carbocycles. The molecule has 0 radical (unpaired) electrons. The number of rotatable bonds is 3. The smallest absolute Gasteiger partial charge is 0.167 e. The molecule has 0 aliphatic heterocycles. The van der Waals surface area contributed by atoms with Crippen LogP contribution in [0.4, 0.5) is 0 Å². The molecule has 0 bridgehead atoms. The fourth-order valence-electron chi connectivity index (χ4n) is 2.25. The topological polar surface area (TPSA) is 82.8 Å². The molecule has 110 valence electrons. The zero-order chi connectivity index (χ0) is 16.2. The summed E-state index contributed by atoms with van der Waals surface area (Å²) in [6.45, 7) is 0. The highest BCUT2D eigenvalue weighted by Crippen LogP contribution is 2.32. The normalized spacial score (nSPS) is 9.87. The van der Waals surface area contributed by atoms with Crippen molar-refractivity contribution in [2.45, 2.75) is 0 Å². The van der Waals surface area contributed by atoms with Crippen LogP contribution in [0, 0.1) is 22.7 Å². The molecule has 0 saturated carbocycles. The van der Waals surface area contributed by atoms with Gasteiger partial charge in [-0.2, -0.15) is 10.5 Å². The summed E-state index contributed by atoms with van der Waals surface area (Å²) in [4.78, 5) is 0. The predicted octanol–water partition coefficient (Wildman–Crippen LogP) is 3.76. The van der Waals surface area contributed by atoms with Gasteiger partial charge in [-0.1, -0.05) is 17.3 Å². The van der Waals surface area contributed by atoms with Gasteiger partial charge in [0, 0.05) is 17.2 Å². The maximum atomic E-state index is 8.97. The van der Waals surface area contributed by atoms with Crippen molar-refractivity contribution in [1.29, 1.82) is 10.5 Å². The van der Waals surface area contributed by atoms with Crippen molar-refractivity contribution >= 4 is 0 Å². The number of benzene rings is 2. The van der Waals surface area contributed by atoms with Gasteiger partial charge in [0.25, 0.3) is 0 Å². The molecule has 2 aromatic carbocycles. The van der Waals surface area contributed by atoms with Crippen molar-refractivity contribution in [3.63, 3.8) is 0 Å². The van der Waals surface area contributed by atoms with Crippen LogP contribution < -0.4 is 4.74 Å². The zero-order valence-electron chi connectivity index (χ0n) is 12.3. The second-order valence-electron chi connectivity index (χ2n) is 4.80. The maximum Gasteiger partial charge on any atom is 0.167 e. The molecular formula is C18H11N3O2. The van der Waals surface area contributed by atoms with Crippen LogP contribution in [0.15, 0.2) is 53.1 Å². The molecular weight excluding hydrogens is 290 g/mol. The number of nitrogens with zero attached hydrogens (tertiary/aromatic N) is 3. The molecule has 0 atom stereocenters. The molecule has 23 heavy (non-hydrogen) atoms. The summed E-state index contributed by atoms with van der Waals surface area (Å²) < 4.78 is 10.7. The number of ether oxygens (including phenoxy) is 1. The lowest BCUT2D eigenvalue weighted by Crippen LogP contribution is -1.89. The Labute approximate surface area is 133 Å². The van der Waals surface area contributed by atoms with Crippen LogP contribution in [0.5, 0.6) is 5.75 Å². The molecule has 3 aromatic rings. The van der Waals surface area contributed by atoms with Gasteiger partial charge in [-0.15, -0.1) is 0 Å². The number of hydrogen-bond donors (Lipinski definition) is 0. The summed E-state index contributed by atoms with van der Waals surface area (Å²) in [6, 6.07) is 18.2. The van der Waals surface area contributed by atoms with Crippen LogP contribution in [0.2, 0.25) is 0 Å². The summed E-state index contributed by atoms with van der Waals surface area (Å²) in [6.07, 6.45) is 0. The van der Waals surface area contributed by atoms with E-state index in [9.17, 15) is 0 Å². The van der Waals surface area contributed by atoms with E-state index in [1.165, 1.54) is 7.11 Å². The lowest BCUT2D eigenvalue weighted by molar-refractivity contribution is 0.413. The van der Waals surface area contributed by atoms with E-state index in [-0.39, 0.29) is 0 Å². The summed E-state index contributed by atoms with van der Waals surface area (Å²) in [5, 5.41) is 22.0. The molecule has 0 saturated heterocycles. The van der Waals surface area contributed by atoms with Gasteiger partial charge in [-0.05, 0) is 30.3 Å². The molecule has 5 nitrogen and oxygen atoms in total. The number of methoxy groups -OCH3 is 1. The van der Waals surface area contributed by atoms with Crippen LogP contribution in [0.25, 0.3) is 22.6 Å². The summed E-state index contributed by atoms with van der Waals surface area (Å²) in [5.74, 6) is 1.11. The molecule has 0 fully saturated rings. The first-order chi connectivity index (χ1) is 11.2. The third-order valence-electron chi connectivity index (χ3n) is 3.39. The van der Waals surface area contributed by atoms with Crippen LogP contribution in [0.3, 0.4) is 0 Å². The lowest BCUT2D eigenvalue weighted by atomic mass is 10.1. The predicted molar refractivity (Wildman–Crippen MR) is 83.4 cm³/mol. The quantitative estimate of drug-likeness (QED) is 0.735. The Kier molecular flexibility index (Phi) is 3.78. The Bertz CT molecular complexity index is 945. The van der Waals surface area contributed by atoms with Gasteiger partial charge in [0.2, 0.25) is 0 Å². The first-order valence-electron chi connectivity index (χ1n) is 6.81. The monoisotopic (exact) mass is 301 g/mol. The van der Waals surface area contributed by atoms with Crippen LogP contribution in [-0.4, -0.2) is 12.3 Å². The largest absolute Gasteiger partial charge is 0.496 e. The molecule has 0 amide bonds. The summed E-state index contributed by atoms with van der Waals surface area (Å²) >= 11 is 0. The Morgan fingerprint density at radius 1 is 1.00 bits per heavy atom. The Morgan fingerprint density at radius 2 is 1.78 bits per heavy atom. The minimum atomic E-state index is 0.510. The molecule has 5 heteroatoms. The minimum absolute atomic E-state index is 0.510. The lowest BCUT2D eigenvalue weighted by Gasteiger charge is -2.05. The fourth-order valence-corrected chi connectivity index (χ4v) is 2.25. The second-order valence-corrected chi connectivity index (χ2v) is 4.80. The van der Waals surface area contributed by atoms with Gasteiger partial charge < -0.3 is 9.26 Å². The van der Waals surface area contributed by atoms with Crippen LogP contribution in [0.1, 0.15) is 11.1 Å². The molecule has 0 unspecified atom stereocenters. The van der Waals surface area contributed by atoms with Gasteiger partial charge in [-0.25, -0.2) is 0 Å². The summed E-state index contributed by atoms with van der Waals surface area (Å²) in [5.41, 5.74) is 3.17. The Hall–Kier alpha value is -3.57. The molecule has 3 rings (SSSR count). The summed E-state index contributed by atoms with van der Waals surface area (Å²) in [7, 11) is 1.54. The molecule has 1 heterocycles. The first kappa shape index (κ1) is 14.4. The number of hydrogen-bond acceptors (Lipinski definition) is 5. The highest BCUT2D eigenvalue weighted by Gasteiger charge is 2.13. The third-order valence-corrected chi connectivity index (χ3v) is 3.39. The van der Waals surface area contributed by atoms with E-state index < -0.39 is 0 Å². The molecule has 0 spiro atoms. The third kappa shape index (κ3) is 2.76. The highest BCUT2D eigenvalue weighted by atomic mass is 16.5. The van der Waals surface area contributed by atoms with Gasteiger partial charge in [0.05, 0.1) is 30.4 Å². The van der Waals surface area contributed by atoms with Crippen molar-refractivity contribution in [3.05, 3.63) is 59.7 Å². The van der Waals surface area contributed by atoms with Crippen molar-refractivity contribution in [1.82, 2.24) is 5.16 Å². The second kappa shape index (κ2) is 6.05. The van der Waals surface area contributed by atoms with E-state index >= 15 is 0 Å². The van der Waals surface area contributed by atoms with E-state index in [4.69, 9.17) is 19.8 Å². The Morgan fingerprint density at radius 3 is 2.52 bits per heavy atom. The van der Waals surface area contributed by atoms with Gasteiger partial charge in [0.1, 0.15) is 11.4 Å². The van der Waals surface area contributed by atoms with Crippen molar-refractivity contribution in [3.8, 4) is 40.5 Å². The van der Waals surface area contributed by atoms with E-state index in [2.05, 4.69) is 17.3 Å². The van der Waals surface area contributed by atoms with E-state index in [0.717, 1.165) is 11.1 Å². The fraction of sp³-hybridized carbons (Fsp3) is 0.0556.